The summed E-state index contributed by atoms with van der Waals surface area (Å²) in [7, 11) is 3.52. The van der Waals surface area contributed by atoms with E-state index in [0.29, 0.717) is 5.02 Å². The first-order chi connectivity index (χ1) is 38.7. The molecule has 8 heteroatoms. The van der Waals surface area contributed by atoms with Gasteiger partial charge in [0.25, 0.3) is 0 Å². The Labute approximate surface area is 480 Å². The number of ether oxygens (including phenoxy) is 2. The largest absolute Gasteiger partial charge is 0.496 e. The van der Waals surface area contributed by atoms with Gasteiger partial charge in [0.05, 0.1) is 67.0 Å². The lowest BCUT2D eigenvalue weighted by atomic mass is 9.95. The lowest BCUT2D eigenvalue weighted by molar-refractivity contribution is -0.115. The van der Waals surface area contributed by atoms with Gasteiger partial charge in [0.1, 0.15) is 17.3 Å². The van der Waals surface area contributed by atoms with Gasteiger partial charge in [-0.2, -0.15) is 0 Å². The molecular formula is C72H61ClN2O3S2. The van der Waals surface area contributed by atoms with Gasteiger partial charge in [-0.15, -0.1) is 22.7 Å². The highest BCUT2D eigenvalue weighted by Crippen LogP contribution is 2.51. The minimum Gasteiger partial charge on any atom is -0.496 e. The number of nitrogens with zero attached hydrogens (tertiary/aromatic N) is 2. The molecule has 0 saturated heterocycles. The van der Waals surface area contributed by atoms with E-state index in [-0.39, 0.29) is 20.1 Å². The van der Waals surface area contributed by atoms with Crippen molar-refractivity contribution in [2.75, 3.05) is 14.2 Å². The number of halogens is 1. The number of rotatable bonds is 5. The summed E-state index contributed by atoms with van der Waals surface area (Å²) < 4.78 is 28.0. The van der Waals surface area contributed by atoms with Crippen LogP contribution in [0.2, 0.25) is 5.02 Å². The highest BCUT2D eigenvalue weighted by molar-refractivity contribution is 7.27. The number of carbonyl (C=O) groups excluding carboxylic acids is 1. The van der Waals surface area contributed by atoms with Crippen LogP contribution in [0.1, 0.15) is 56.0 Å². The summed E-state index contributed by atoms with van der Waals surface area (Å²) in [6.45, 7) is 14.4. The van der Waals surface area contributed by atoms with Crippen molar-refractivity contribution in [3.63, 3.8) is 0 Å². The monoisotopic (exact) mass is 1100 g/mol. The zero-order valence-electron chi connectivity index (χ0n) is 46.6. The number of aryl methyl sites for hydroxylation is 6. The summed E-state index contributed by atoms with van der Waals surface area (Å²) in [5, 5.41) is 13.1. The first-order valence-corrected chi connectivity index (χ1v) is 28.5. The fourth-order valence-corrected chi connectivity index (χ4v) is 15.1. The van der Waals surface area contributed by atoms with Gasteiger partial charge in [-0.05, 0) is 194 Å². The standard InChI is InChI=1S/C34H26ClNOS.C34H25NOS.C3H6O.CH4/c1-19-8-9-22-10-12-25(17-24(22)16-19)36-32-26-18-23(30-20(2)6-5-7-21(30)3)11-15-29(26)38-34(32)31-28(37-4)14-13-27(35)33(31)36;1-18-8-9-21-15-25-24-11-12-28(36-4)31-32(24)35(27(25)17-23(21)14-18)33-26-16-22(10-13-29(26)37-34(31)33)30-19(2)6-5-7-20(30)3;1-3(2)4;/h5-18H,1-4H3;5-17H,1-4H3;1-2H3;1H4/i;;1D;. The number of methoxy groups -OCH3 is 2. The smallest absolute Gasteiger partial charge is 0.129 e. The minimum absolute atomic E-state index is 0. The molecule has 0 spiro atoms. The Bertz CT molecular complexity index is 5000. The molecule has 0 atom stereocenters. The van der Waals surface area contributed by atoms with Crippen LogP contribution in [0.25, 0.3) is 128 Å². The summed E-state index contributed by atoms with van der Waals surface area (Å²) in [6.07, 6.45) is 0. The predicted molar refractivity (Wildman–Crippen MR) is 348 cm³/mol. The molecule has 5 nitrogen and oxygen atoms in total. The number of Topliss-reactive ketones (excluding diaryl/α,β-unsaturated/α-hetero) is 1. The Hall–Kier alpha value is -8.20. The van der Waals surface area contributed by atoms with Crippen LogP contribution in [0.3, 0.4) is 0 Å². The molecule has 0 amide bonds. The second-order valence-electron chi connectivity index (χ2n) is 21.2. The van der Waals surface area contributed by atoms with Crippen molar-refractivity contribution in [3.8, 4) is 39.4 Å². The number of ketones is 1. The van der Waals surface area contributed by atoms with Crippen molar-refractivity contribution in [1.29, 1.82) is 0 Å². The molecule has 0 aliphatic carbocycles. The maximum absolute atomic E-state index is 9.62. The maximum Gasteiger partial charge on any atom is 0.129 e. The highest BCUT2D eigenvalue weighted by Gasteiger charge is 2.26. The molecule has 0 aliphatic rings. The number of fused-ring (bicyclic) bond motifs is 15. The molecule has 0 fully saturated rings. The van der Waals surface area contributed by atoms with Crippen molar-refractivity contribution in [1.82, 2.24) is 8.97 Å². The molecule has 80 heavy (non-hydrogen) atoms. The van der Waals surface area contributed by atoms with E-state index in [1.807, 2.05) is 23.5 Å². The molecule has 0 unspecified atom stereocenters. The van der Waals surface area contributed by atoms with Crippen molar-refractivity contribution >= 4 is 140 Å². The third-order valence-electron chi connectivity index (χ3n) is 15.8. The molecule has 0 N–H and O–H groups in total. The second-order valence-corrected chi connectivity index (χ2v) is 23.7. The van der Waals surface area contributed by atoms with Crippen molar-refractivity contribution in [2.45, 2.75) is 62.8 Å². The summed E-state index contributed by atoms with van der Waals surface area (Å²) in [5.74, 6) is 1.70. The molecule has 5 heterocycles. The van der Waals surface area contributed by atoms with Gasteiger partial charge in [0, 0.05) is 38.0 Å². The fourth-order valence-electron chi connectivity index (χ4n) is 12.4. The average molecular weight is 1100 g/mol. The molecule has 10 aromatic carbocycles. The predicted octanol–water partition coefficient (Wildman–Crippen LogP) is 21.4. The minimum atomic E-state index is -0.0833. The molecule has 396 valence electrons. The zero-order valence-corrected chi connectivity index (χ0v) is 48.0. The van der Waals surface area contributed by atoms with Gasteiger partial charge in [-0.3, -0.25) is 0 Å². The molecule has 15 aromatic rings. The average Bonchev–Trinajstić information content (AvgIpc) is 4.40. The van der Waals surface area contributed by atoms with Crippen LogP contribution in [0, 0.1) is 41.5 Å². The molecule has 0 aliphatic heterocycles. The van der Waals surface area contributed by atoms with Crippen molar-refractivity contribution in [2.24, 2.45) is 0 Å². The normalized spacial score (nSPS) is 11.8. The van der Waals surface area contributed by atoms with E-state index < -0.39 is 0 Å². The van der Waals surface area contributed by atoms with Crippen LogP contribution < -0.4 is 9.47 Å². The number of hydrogen-bond donors (Lipinski definition) is 0. The quantitative estimate of drug-likeness (QED) is 0.173. The van der Waals surface area contributed by atoms with Gasteiger partial charge in [-0.1, -0.05) is 121 Å². The van der Waals surface area contributed by atoms with Crippen LogP contribution >= 0.6 is 34.3 Å². The number of thiophene rings is 2. The van der Waals surface area contributed by atoms with Crippen molar-refractivity contribution in [3.05, 3.63) is 202 Å². The van der Waals surface area contributed by atoms with E-state index in [1.54, 1.807) is 25.6 Å². The van der Waals surface area contributed by atoms with E-state index in [1.165, 1.54) is 152 Å². The lowest BCUT2D eigenvalue weighted by Gasteiger charge is -2.13. The van der Waals surface area contributed by atoms with Gasteiger partial charge >= 0.3 is 0 Å². The number of hydrogen-bond acceptors (Lipinski definition) is 5. The van der Waals surface area contributed by atoms with Crippen LogP contribution in [0.5, 0.6) is 11.5 Å². The number of carbonyl (C=O) groups is 1. The Balaban J connectivity index is 0.000000147. The fraction of sp³-hybridized carbons (Fsp3) is 0.153. The number of benzene rings is 10. The summed E-state index contributed by atoms with van der Waals surface area (Å²) in [4.78, 5) is 9.62. The van der Waals surface area contributed by atoms with Crippen LogP contribution in [-0.2, 0) is 4.79 Å². The van der Waals surface area contributed by atoms with Gasteiger partial charge < -0.3 is 23.2 Å². The third-order valence-corrected chi connectivity index (χ3v) is 18.4. The Morgan fingerprint density at radius 1 is 0.500 bits per heavy atom. The molecule has 0 radical (unpaired) electrons. The zero-order chi connectivity index (χ0) is 55.4. The van der Waals surface area contributed by atoms with Crippen LogP contribution in [0.4, 0.5) is 0 Å². The van der Waals surface area contributed by atoms with E-state index in [4.69, 9.17) is 22.4 Å². The molecule has 0 bridgehead atoms. The first kappa shape index (κ1) is 51.3. The highest BCUT2D eigenvalue weighted by atomic mass is 35.5. The van der Waals surface area contributed by atoms with Crippen LogP contribution in [0.15, 0.2) is 164 Å². The molecule has 15 rings (SSSR count). The SMILES string of the molecule is C.COc1ccc(Cl)c2c1c1sc3ccc(-c4c(C)cccc4C)cc3c1n2-c1ccc2ccc(C)cc2c1.COc1ccc2c3cc4ccc(C)cc4cc3n3c4c5cc(-c6c(C)cccc6C)ccc5sc4c1c23.[2H]CC(C)=O. The van der Waals surface area contributed by atoms with E-state index >= 15 is 0 Å². The summed E-state index contributed by atoms with van der Waals surface area (Å²) in [5.41, 5.74) is 19.9. The Morgan fingerprint density at radius 3 is 1.59 bits per heavy atom. The third kappa shape index (κ3) is 8.36. The van der Waals surface area contributed by atoms with Crippen LogP contribution in [-0.4, -0.2) is 29.0 Å². The topological polar surface area (TPSA) is 44.9 Å². The second kappa shape index (κ2) is 20.2. The summed E-state index contributed by atoms with van der Waals surface area (Å²) >= 11 is 10.6. The van der Waals surface area contributed by atoms with E-state index in [2.05, 4.69) is 202 Å². The van der Waals surface area contributed by atoms with Gasteiger partial charge in [-0.25, -0.2) is 0 Å². The summed E-state index contributed by atoms with van der Waals surface area (Å²) in [6, 6.07) is 60.0. The van der Waals surface area contributed by atoms with E-state index in [0.717, 1.165) is 28.1 Å². The maximum atomic E-state index is 9.62. The van der Waals surface area contributed by atoms with Gasteiger partial charge in [0.2, 0.25) is 0 Å². The van der Waals surface area contributed by atoms with E-state index in [9.17, 15) is 4.79 Å². The number of aromatic nitrogens is 2. The Morgan fingerprint density at radius 2 is 1.01 bits per heavy atom. The van der Waals surface area contributed by atoms with Gasteiger partial charge in [0.15, 0.2) is 0 Å². The lowest BCUT2D eigenvalue weighted by Crippen LogP contribution is -1.95. The van der Waals surface area contributed by atoms with Crippen molar-refractivity contribution < 1.29 is 15.6 Å². The Kier molecular flexibility index (Phi) is 12.9. The first-order valence-electron chi connectivity index (χ1n) is 27.2. The molecule has 5 aromatic heterocycles. The molecular weight excluding hydrogens is 1040 g/mol. The molecule has 0 saturated carbocycles.